The van der Waals surface area contributed by atoms with Gasteiger partial charge in [0, 0.05) is 19.0 Å². The minimum atomic E-state index is -0.475. The van der Waals surface area contributed by atoms with Crippen LogP contribution in [0, 0.1) is 6.92 Å². The number of amides is 1. The van der Waals surface area contributed by atoms with E-state index in [0.29, 0.717) is 19.8 Å². The Morgan fingerprint density at radius 1 is 1.42 bits per heavy atom. The van der Waals surface area contributed by atoms with E-state index in [9.17, 15) is 4.79 Å². The van der Waals surface area contributed by atoms with Crippen LogP contribution in [0.15, 0.2) is 0 Å². The van der Waals surface area contributed by atoms with Crippen molar-refractivity contribution in [3.8, 4) is 0 Å². The van der Waals surface area contributed by atoms with Crippen molar-refractivity contribution >= 4 is 5.91 Å². The number of nitrogens with one attached hydrogen (secondary N) is 1. The SMILES string of the molecule is Cc1nnc2n1C[C@@H](NC(=O)[C@H]1COCCO1)CC2. The first kappa shape index (κ1) is 12.6. The van der Waals surface area contributed by atoms with E-state index in [1.54, 1.807) is 0 Å². The molecule has 0 aromatic carbocycles. The highest BCUT2D eigenvalue weighted by atomic mass is 16.6. The normalized spacial score (nSPS) is 26.8. The smallest absolute Gasteiger partial charge is 0.251 e. The van der Waals surface area contributed by atoms with Crippen LogP contribution in [0.3, 0.4) is 0 Å². The van der Waals surface area contributed by atoms with Gasteiger partial charge in [-0.3, -0.25) is 4.79 Å². The molecule has 0 spiro atoms. The molecule has 2 aliphatic heterocycles. The van der Waals surface area contributed by atoms with Gasteiger partial charge in [0.05, 0.1) is 19.8 Å². The highest BCUT2D eigenvalue weighted by Gasteiger charge is 2.27. The molecule has 3 rings (SSSR count). The minimum Gasteiger partial charge on any atom is -0.376 e. The van der Waals surface area contributed by atoms with Crippen molar-refractivity contribution in [2.45, 2.75) is 38.5 Å². The molecule has 2 atom stereocenters. The fourth-order valence-corrected chi connectivity index (χ4v) is 2.51. The molecule has 0 saturated carbocycles. The molecule has 1 aromatic rings. The van der Waals surface area contributed by atoms with E-state index in [1.807, 2.05) is 6.92 Å². The third kappa shape index (κ3) is 2.62. The first-order chi connectivity index (χ1) is 9.24. The molecule has 0 bridgehead atoms. The van der Waals surface area contributed by atoms with E-state index in [4.69, 9.17) is 9.47 Å². The first-order valence-electron chi connectivity index (χ1n) is 6.62. The molecule has 0 aliphatic carbocycles. The molecule has 1 N–H and O–H groups in total. The van der Waals surface area contributed by atoms with Crippen molar-refractivity contribution in [2.75, 3.05) is 19.8 Å². The molecule has 3 heterocycles. The first-order valence-corrected chi connectivity index (χ1v) is 6.62. The number of aromatic nitrogens is 3. The number of ether oxygens (including phenoxy) is 2. The van der Waals surface area contributed by atoms with Gasteiger partial charge in [0.15, 0.2) is 6.10 Å². The largest absolute Gasteiger partial charge is 0.376 e. The summed E-state index contributed by atoms with van der Waals surface area (Å²) >= 11 is 0. The Kier molecular flexibility index (Phi) is 3.48. The van der Waals surface area contributed by atoms with Crippen molar-refractivity contribution in [3.05, 3.63) is 11.6 Å². The number of carbonyl (C=O) groups is 1. The lowest BCUT2D eigenvalue weighted by Crippen LogP contribution is -2.49. The van der Waals surface area contributed by atoms with Crippen molar-refractivity contribution < 1.29 is 14.3 Å². The summed E-state index contributed by atoms with van der Waals surface area (Å²) in [6.07, 6.45) is 1.25. The lowest BCUT2D eigenvalue weighted by Gasteiger charge is -2.28. The van der Waals surface area contributed by atoms with Gasteiger partial charge in [0.1, 0.15) is 11.6 Å². The zero-order valence-corrected chi connectivity index (χ0v) is 11.0. The van der Waals surface area contributed by atoms with Gasteiger partial charge in [-0.1, -0.05) is 0 Å². The zero-order valence-electron chi connectivity index (χ0n) is 11.0. The third-order valence-corrected chi connectivity index (χ3v) is 3.59. The van der Waals surface area contributed by atoms with Crippen LogP contribution < -0.4 is 5.32 Å². The Bertz CT molecular complexity index is 468. The Balaban J connectivity index is 1.59. The third-order valence-electron chi connectivity index (χ3n) is 3.59. The van der Waals surface area contributed by atoms with Crippen LogP contribution in [-0.2, 0) is 27.2 Å². The summed E-state index contributed by atoms with van der Waals surface area (Å²) in [5, 5.41) is 11.2. The Morgan fingerprint density at radius 3 is 3.11 bits per heavy atom. The molecule has 0 unspecified atom stereocenters. The van der Waals surface area contributed by atoms with Crippen LogP contribution in [0.4, 0.5) is 0 Å². The van der Waals surface area contributed by atoms with E-state index >= 15 is 0 Å². The summed E-state index contributed by atoms with van der Waals surface area (Å²) in [6.45, 7) is 4.05. The standard InChI is InChI=1S/C12H18N4O3/c1-8-14-15-11-3-2-9(6-16(8)11)13-12(17)10-7-18-4-5-19-10/h9-10H,2-7H2,1H3,(H,13,17)/t9-,10+/m0/s1. The van der Waals surface area contributed by atoms with Crippen LogP contribution in [0.5, 0.6) is 0 Å². The van der Waals surface area contributed by atoms with Gasteiger partial charge in [-0.05, 0) is 13.3 Å². The van der Waals surface area contributed by atoms with Crippen molar-refractivity contribution in [1.82, 2.24) is 20.1 Å². The lowest BCUT2D eigenvalue weighted by atomic mass is 10.1. The van der Waals surface area contributed by atoms with Gasteiger partial charge in [-0.2, -0.15) is 0 Å². The average Bonchev–Trinajstić information content (AvgIpc) is 2.81. The van der Waals surface area contributed by atoms with E-state index in [1.165, 1.54) is 0 Å². The summed E-state index contributed by atoms with van der Waals surface area (Å²) in [5.74, 6) is 1.81. The predicted molar refractivity (Wildman–Crippen MR) is 65.6 cm³/mol. The topological polar surface area (TPSA) is 78.3 Å². The maximum atomic E-state index is 12.0. The number of fused-ring (bicyclic) bond motifs is 1. The van der Waals surface area contributed by atoms with E-state index < -0.39 is 6.10 Å². The van der Waals surface area contributed by atoms with Crippen LogP contribution in [0.25, 0.3) is 0 Å². The molecule has 1 saturated heterocycles. The van der Waals surface area contributed by atoms with E-state index in [2.05, 4.69) is 20.1 Å². The number of carbonyl (C=O) groups excluding carboxylic acids is 1. The summed E-state index contributed by atoms with van der Waals surface area (Å²) in [4.78, 5) is 12.0. The van der Waals surface area contributed by atoms with E-state index in [0.717, 1.165) is 31.0 Å². The predicted octanol–water partition coefficient (Wildman–Crippen LogP) is -0.567. The molecule has 2 aliphatic rings. The van der Waals surface area contributed by atoms with Crippen LogP contribution in [-0.4, -0.2) is 52.6 Å². The van der Waals surface area contributed by atoms with Crippen LogP contribution >= 0.6 is 0 Å². The maximum absolute atomic E-state index is 12.0. The molecule has 7 nitrogen and oxygen atoms in total. The molecule has 7 heteroatoms. The number of rotatable bonds is 2. The summed E-state index contributed by atoms with van der Waals surface area (Å²) in [5.41, 5.74) is 0. The highest BCUT2D eigenvalue weighted by Crippen LogP contribution is 2.15. The van der Waals surface area contributed by atoms with Gasteiger partial charge in [-0.15, -0.1) is 10.2 Å². The molecule has 0 radical (unpaired) electrons. The second-order valence-corrected chi connectivity index (χ2v) is 4.95. The average molecular weight is 266 g/mol. The molecule has 1 fully saturated rings. The van der Waals surface area contributed by atoms with Gasteiger partial charge in [0.25, 0.3) is 5.91 Å². The Labute approximate surface area is 111 Å². The van der Waals surface area contributed by atoms with Gasteiger partial charge in [-0.25, -0.2) is 0 Å². The Morgan fingerprint density at radius 2 is 2.32 bits per heavy atom. The summed E-state index contributed by atoms with van der Waals surface area (Å²) in [7, 11) is 0. The summed E-state index contributed by atoms with van der Waals surface area (Å²) in [6, 6.07) is 0.111. The zero-order chi connectivity index (χ0) is 13.2. The van der Waals surface area contributed by atoms with Crippen LogP contribution in [0.1, 0.15) is 18.1 Å². The number of aryl methyl sites for hydroxylation is 2. The van der Waals surface area contributed by atoms with Crippen LogP contribution in [0.2, 0.25) is 0 Å². The van der Waals surface area contributed by atoms with Crippen molar-refractivity contribution in [2.24, 2.45) is 0 Å². The molecule has 1 aromatic heterocycles. The highest BCUT2D eigenvalue weighted by molar-refractivity contribution is 5.81. The number of hydrogen-bond donors (Lipinski definition) is 1. The summed E-state index contributed by atoms with van der Waals surface area (Å²) < 4.78 is 12.7. The molecule has 104 valence electrons. The van der Waals surface area contributed by atoms with Gasteiger partial charge >= 0.3 is 0 Å². The lowest BCUT2D eigenvalue weighted by molar-refractivity contribution is -0.148. The van der Waals surface area contributed by atoms with Crippen molar-refractivity contribution in [1.29, 1.82) is 0 Å². The number of hydrogen-bond acceptors (Lipinski definition) is 5. The van der Waals surface area contributed by atoms with Gasteiger partial charge < -0.3 is 19.4 Å². The molecular weight excluding hydrogens is 248 g/mol. The number of nitrogens with zero attached hydrogens (tertiary/aromatic N) is 3. The second-order valence-electron chi connectivity index (χ2n) is 4.95. The molecule has 19 heavy (non-hydrogen) atoms. The fraction of sp³-hybridized carbons (Fsp3) is 0.750. The Hall–Kier alpha value is -1.47. The maximum Gasteiger partial charge on any atom is 0.251 e. The quantitative estimate of drug-likeness (QED) is 0.776. The van der Waals surface area contributed by atoms with Crippen molar-refractivity contribution in [3.63, 3.8) is 0 Å². The monoisotopic (exact) mass is 266 g/mol. The second kappa shape index (κ2) is 5.26. The fourth-order valence-electron chi connectivity index (χ4n) is 2.51. The molecular formula is C12H18N4O3. The molecule has 1 amide bonds. The van der Waals surface area contributed by atoms with E-state index in [-0.39, 0.29) is 11.9 Å². The minimum absolute atomic E-state index is 0.0844. The van der Waals surface area contributed by atoms with Gasteiger partial charge in [0.2, 0.25) is 0 Å².